The number of carbonyl (C=O) groups is 2. The molecule has 2 aromatic rings. The zero-order valence-electron chi connectivity index (χ0n) is 12.8. The molecule has 2 rings (SSSR count). The molecule has 0 fully saturated rings. The summed E-state index contributed by atoms with van der Waals surface area (Å²) in [6.07, 6.45) is 0.421. The van der Waals surface area contributed by atoms with Crippen LogP contribution in [0.3, 0.4) is 0 Å². The number of rotatable bonds is 6. The van der Waals surface area contributed by atoms with Crippen molar-refractivity contribution in [2.24, 2.45) is 0 Å². The second-order valence-corrected chi connectivity index (χ2v) is 6.66. The molecule has 0 radical (unpaired) electrons. The van der Waals surface area contributed by atoms with Crippen LogP contribution in [-0.2, 0) is 11.3 Å². The standard InChI is InChI=1S/C18H17BrClNO2/c1-21(12-13-2-8-16(20)9-3-13)18(23)11-10-17(22)14-4-6-15(19)7-5-14/h2-9H,10-12H2,1H3. The van der Waals surface area contributed by atoms with Gasteiger partial charge >= 0.3 is 0 Å². The minimum atomic E-state index is -0.0505. The van der Waals surface area contributed by atoms with Gasteiger partial charge in [-0.25, -0.2) is 0 Å². The maximum Gasteiger partial charge on any atom is 0.223 e. The normalized spacial score (nSPS) is 10.4. The molecule has 0 atom stereocenters. The third-order valence-electron chi connectivity index (χ3n) is 3.49. The Kier molecular flexibility index (Phi) is 6.37. The molecular formula is C18H17BrClNO2. The van der Waals surface area contributed by atoms with Gasteiger partial charge in [0, 0.05) is 41.5 Å². The van der Waals surface area contributed by atoms with E-state index in [0.29, 0.717) is 17.1 Å². The van der Waals surface area contributed by atoms with Crippen molar-refractivity contribution in [2.45, 2.75) is 19.4 Å². The fourth-order valence-corrected chi connectivity index (χ4v) is 2.53. The Balaban J connectivity index is 1.84. The van der Waals surface area contributed by atoms with Gasteiger partial charge in [0.2, 0.25) is 5.91 Å². The zero-order chi connectivity index (χ0) is 16.8. The summed E-state index contributed by atoms with van der Waals surface area (Å²) in [6.45, 7) is 0.502. The van der Waals surface area contributed by atoms with E-state index in [2.05, 4.69) is 15.9 Å². The first-order valence-electron chi connectivity index (χ1n) is 7.23. The van der Waals surface area contributed by atoms with Crippen LogP contribution in [-0.4, -0.2) is 23.6 Å². The summed E-state index contributed by atoms with van der Waals surface area (Å²) in [5.41, 5.74) is 1.63. The number of nitrogens with zero attached hydrogens (tertiary/aromatic N) is 1. The lowest BCUT2D eigenvalue weighted by molar-refractivity contribution is -0.130. The number of Topliss-reactive ketones (excluding diaryl/α,β-unsaturated/α-hetero) is 1. The number of ketones is 1. The van der Waals surface area contributed by atoms with E-state index in [-0.39, 0.29) is 24.5 Å². The molecule has 0 aliphatic heterocycles. The Morgan fingerprint density at radius 1 is 1.00 bits per heavy atom. The average Bonchev–Trinajstić information content (AvgIpc) is 2.55. The van der Waals surface area contributed by atoms with Crippen LogP contribution in [0, 0.1) is 0 Å². The van der Waals surface area contributed by atoms with Crippen LogP contribution in [0.15, 0.2) is 53.0 Å². The van der Waals surface area contributed by atoms with Gasteiger partial charge in [-0.15, -0.1) is 0 Å². The highest BCUT2D eigenvalue weighted by atomic mass is 79.9. The summed E-state index contributed by atoms with van der Waals surface area (Å²) >= 11 is 9.17. The number of carbonyl (C=O) groups excluding carboxylic acids is 2. The van der Waals surface area contributed by atoms with E-state index in [0.717, 1.165) is 10.0 Å². The predicted octanol–water partition coefficient (Wildman–Crippen LogP) is 4.72. The van der Waals surface area contributed by atoms with Gasteiger partial charge in [-0.2, -0.15) is 0 Å². The third-order valence-corrected chi connectivity index (χ3v) is 4.27. The minimum absolute atomic E-state index is 0.0225. The lowest BCUT2D eigenvalue weighted by atomic mass is 10.1. The van der Waals surface area contributed by atoms with E-state index >= 15 is 0 Å². The van der Waals surface area contributed by atoms with Crippen LogP contribution < -0.4 is 0 Å². The molecule has 120 valence electrons. The molecule has 1 amide bonds. The molecule has 0 saturated heterocycles. The van der Waals surface area contributed by atoms with E-state index in [4.69, 9.17) is 11.6 Å². The molecule has 5 heteroatoms. The molecule has 0 unspecified atom stereocenters. The molecule has 23 heavy (non-hydrogen) atoms. The van der Waals surface area contributed by atoms with Crippen LogP contribution in [0.4, 0.5) is 0 Å². The molecular weight excluding hydrogens is 378 g/mol. The lowest BCUT2D eigenvalue weighted by Crippen LogP contribution is -2.26. The van der Waals surface area contributed by atoms with Crippen LogP contribution in [0.25, 0.3) is 0 Å². The molecule has 0 bridgehead atoms. The lowest BCUT2D eigenvalue weighted by Gasteiger charge is -2.17. The summed E-state index contributed by atoms with van der Waals surface area (Å²) in [6, 6.07) is 14.5. The minimum Gasteiger partial charge on any atom is -0.341 e. The number of halogens is 2. The quantitative estimate of drug-likeness (QED) is 0.665. The average molecular weight is 395 g/mol. The third kappa shape index (κ3) is 5.48. The summed E-state index contributed by atoms with van der Waals surface area (Å²) in [7, 11) is 1.74. The summed E-state index contributed by atoms with van der Waals surface area (Å²) in [5.74, 6) is -0.0730. The summed E-state index contributed by atoms with van der Waals surface area (Å²) in [4.78, 5) is 25.8. The van der Waals surface area contributed by atoms with Crippen molar-refractivity contribution in [1.82, 2.24) is 4.90 Å². The van der Waals surface area contributed by atoms with Gasteiger partial charge < -0.3 is 4.90 Å². The molecule has 0 heterocycles. The Hall–Kier alpha value is -1.65. The zero-order valence-corrected chi connectivity index (χ0v) is 15.1. The molecule has 0 aliphatic rings. The van der Waals surface area contributed by atoms with Crippen molar-refractivity contribution in [3.63, 3.8) is 0 Å². The number of benzene rings is 2. The van der Waals surface area contributed by atoms with Gasteiger partial charge in [-0.3, -0.25) is 9.59 Å². The van der Waals surface area contributed by atoms with E-state index in [1.165, 1.54) is 0 Å². The SMILES string of the molecule is CN(Cc1ccc(Cl)cc1)C(=O)CCC(=O)c1ccc(Br)cc1. The Labute approximate surface area is 149 Å². The van der Waals surface area contributed by atoms with Crippen molar-refractivity contribution in [1.29, 1.82) is 0 Å². The van der Waals surface area contributed by atoms with Crippen molar-refractivity contribution < 1.29 is 9.59 Å². The van der Waals surface area contributed by atoms with E-state index in [1.807, 2.05) is 24.3 Å². The van der Waals surface area contributed by atoms with Crippen molar-refractivity contribution >= 4 is 39.2 Å². The van der Waals surface area contributed by atoms with Crippen molar-refractivity contribution in [2.75, 3.05) is 7.05 Å². The Morgan fingerprint density at radius 3 is 2.22 bits per heavy atom. The van der Waals surface area contributed by atoms with E-state index < -0.39 is 0 Å². The molecule has 3 nitrogen and oxygen atoms in total. The molecule has 0 N–H and O–H groups in total. The fourth-order valence-electron chi connectivity index (χ4n) is 2.14. The first-order valence-corrected chi connectivity index (χ1v) is 8.40. The van der Waals surface area contributed by atoms with Crippen molar-refractivity contribution in [3.8, 4) is 0 Å². The maximum absolute atomic E-state index is 12.1. The molecule has 0 saturated carbocycles. The first-order chi connectivity index (χ1) is 11.0. The van der Waals surface area contributed by atoms with E-state index in [1.54, 1.807) is 36.2 Å². The van der Waals surface area contributed by atoms with Gasteiger partial charge in [0.1, 0.15) is 0 Å². The van der Waals surface area contributed by atoms with Crippen LogP contribution in [0.5, 0.6) is 0 Å². The number of hydrogen-bond acceptors (Lipinski definition) is 2. The molecule has 2 aromatic carbocycles. The Morgan fingerprint density at radius 2 is 1.61 bits per heavy atom. The van der Waals surface area contributed by atoms with Crippen LogP contribution >= 0.6 is 27.5 Å². The highest BCUT2D eigenvalue weighted by Crippen LogP contribution is 2.14. The second kappa shape index (κ2) is 8.27. The molecule has 0 spiro atoms. The monoisotopic (exact) mass is 393 g/mol. The number of amides is 1. The number of hydrogen-bond donors (Lipinski definition) is 0. The fraction of sp³-hybridized carbons (Fsp3) is 0.222. The van der Waals surface area contributed by atoms with Crippen molar-refractivity contribution in [3.05, 3.63) is 69.2 Å². The summed E-state index contributed by atoms with van der Waals surface area (Å²) < 4.78 is 0.924. The highest BCUT2D eigenvalue weighted by molar-refractivity contribution is 9.10. The second-order valence-electron chi connectivity index (χ2n) is 5.31. The van der Waals surface area contributed by atoms with Gasteiger partial charge in [-0.05, 0) is 29.8 Å². The topological polar surface area (TPSA) is 37.4 Å². The molecule has 0 aromatic heterocycles. The van der Waals surface area contributed by atoms with E-state index in [9.17, 15) is 9.59 Å². The maximum atomic E-state index is 12.1. The summed E-state index contributed by atoms with van der Waals surface area (Å²) in [5, 5.41) is 0.669. The Bertz CT molecular complexity index is 683. The van der Waals surface area contributed by atoms with Crippen LogP contribution in [0.2, 0.25) is 5.02 Å². The van der Waals surface area contributed by atoms with Gasteiger partial charge in [0.25, 0.3) is 0 Å². The van der Waals surface area contributed by atoms with Crippen LogP contribution in [0.1, 0.15) is 28.8 Å². The largest absolute Gasteiger partial charge is 0.341 e. The smallest absolute Gasteiger partial charge is 0.223 e. The van der Waals surface area contributed by atoms with Gasteiger partial charge in [-0.1, -0.05) is 51.8 Å². The van der Waals surface area contributed by atoms with Gasteiger partial charge in [0.15, 0.2) is 5.78 Å². The van der Waals surface area contributed by atoms with Gasteiger partial charge in [0.05, 0.1) is 0 Å². The molecule has 0 aliphatic carbocycles. The first kappa shape index (κ1) is 17.7. The highest BCUT2D eigenvalue weighted by Gasteiger charge is 2.13. The predicted molar refractivity (Wildman–Crippen MR) is 95.6 cm³/mol.